The number of amides is 1. The molecular formula is C31H42N2O4. The van der Waals surface area contributed by atoms with Gasteiger partial charge in [0.1, 0.15) is 11.5 Å². The summed E-state index contributed by atoms with van der Waals surface area (Å²) >= 11 is 0. The van der Waals surface area contributed by atoms with Crippen LogP contribution in [0.25, 0.3) is 11.3 Å². The summed E-state index contributed by atoms with van der Waals surface area (Å²) in [6.45, 7) is 12.0. The lowest BCUT2D eigenvalue weighted by Gasteiger charge is -2.22. The number of aliphatic hydroxyl groups is 1. The molecule has 0 aliphatic carbocycles. The number of aromatic nitrogens is 1. The summed E-state index contributed by atoms with van der Waals surface area (Å²) in [5.41, 5.74) is 7.42. The van der Waals surface area contributed by atoms with Crippen molar-refractivity contribution >= 4 is 5.91 Å². The molecule has 37 heavy (non-hydrogen) atoms. The van der Waals surface area contributed by atoms with Gasteiger partial charge in [0.2, 0.25) is 5.91 Å². The fourth-order valence-corrected chi connectivity index (χ4v) is 3.16. The smallest absolute Gasteiger partial charge is 0.220 e. The van der Waals surface area contributed by atoms with E-state index in [9.17, 15) is 4.79 Å². The number of benzene rings is 1. The molecule has 1 aromatic carbocycles. The Morgan fingerprint density at radius 3 is 2.35 bits per heavy atom. The number of aliphatic hydroxyl groups excluding tert-OH is 1. The van der Waals surface area contributed by atoms with Crippen molar-refractivity contribution < 1.29 is 19.1 Å². The van der Waals surface area contributed by atoms with Gasteiger partial charge in [-0.2, -0.15) is 0 Å². The lowest BCUT2D eigenvalue weighted by molar-refractivity contribution is -0.121. The second-order valence-electron chi connectivity index (χ2n) is 8.42. The van der Waals surface area contributed by atoms with Crippen LogP contribution in [0.4, 0.5) is 0 Å². The number of fused-ring (bicyclic) bond motifs is 1. The average molecular weight is 507 g/mol. The number of hydrogen-bond donors (Lipinski definition) is 2. The molecular weight excluding hydrogens is 464 g/mol. The average Bonchev–Trinajstić information content (AvgIpc) is 3.45. The zero-order chi connectivity index (χ0) is 28.1. The van der Waals surface area contributed by atoms with E-state index in [1.54, 1.807) is 38.6 Å². The molecule has 6 nitrogen and oxygen atoms in total. The van der Waals surface area contributed by atoms with E-state index >= 15 is 0 Å². The van der Waals surface area contributed by atoms with Gasteiger partial charge in [0.15, 0.2) is 0 Å². The minimum Gasteiger partial charge on any atom is -0.493 e. The molecule has 0 saturated carbocycles. The summed E-state index contributed by atoms with van der Waals surface area (Å²) in [5, 5.41) is 8.06. The number of carbonyl (C=O) groups excluding carboxylic acids is 1. The van der Waals surface area contributed by atoms with Crippen molar-refractivity contribution in [2.75, 3.05) is 6.61 Å². The van der Waals surface area contributed by atoms with Gasteiger partial charge in [-0.3, -0.25) is 9.78 Å². The second kappa shape index (κ2) is 20.4. The Morgan fingerprint density at radius 1 is 1.22 bits per heavy atom. The summed E-state index contributed by atoms with van der Waals surface area (Å²) in [4.78, 5) is 14.5. The number of primary amides is 1. The number of furan rings is 1. The normalized spacial score (nSPS) is 13.6. The lowest BCUT2D eigenvalue weighted by Crippen LogP contribution is -2.21. The highest BCUT2D eigenvalue weighted by molar-refractivity contribution is 5.76. The summed E-state index contributed by atoms with van der Waals surface area (Å²) in [7, 11) is 0. The van der Waals surface area contributed by atoms with E-state index in [4.69, 9.17) is 20.0 Å². The van der Waals surface area contributed by atoms with Crippen molar-refractivity contribution in [3.63, 3.8) is 0 Å². The molecule has 6 heteroatoms. The molecule has 2 atom stereocenters. The monoisotopic (exact) mass is 506 g/mol. The highest BCUT2D eigenvalue weighted by Gasteiger charge is 2.15. The molecule has 1 amide bonds. The maximum atomic E-state index is 10.5. The Bertz CT molecular complexity index is 996. The molecule has 0 radical (unpaired) electrons. The zero-order valence-electron chi connectivity index (χ0n) is 22.5. The van der Waals surface area contributed by atoms with E-state index in [0.717, 1.165) is 36.5 Å². The lowest BCUT2D eigenvalue weighted by atomic mass is 9.95. The van der Waals surface area contributed by atoms with E-state index in [-0.39, 0.29) is 17.9 Å². The largest absolute Gasteiger partial charge is 0.493 e. The topological polar surface area (TPSA) is 98.6 Å². The number of carbonyl (C=O) groups is 1. The number of terminal acetylenes is 1. The Kier molecular flexibility index (Phi) is 18.3. The SMILES string of the molecule is C#C.C=CC[C@@H](CC)C(N)=O.CC(C)O.CC1CCOc2ccccc21.c1cncc(-c2ccco2)c1. The van der Waals surface area contributed by atoms with Crippen molar-refractivity contribution in [2.45, 2.75) is 59.0 Å². The predicted molar refractivity (Wildman–Crippen MR) is 152 cm³/mol. The Hall–Kier alpha value is -3.82. The molecule has 0 spiro atoms. The predicted octanol–water partition coefficient (Wildman–Crippen LogP) is 6.62. The van der Waals surface area contributed by atoms with E-state index in [2.05, 4.69) is 43.5 Å². The highest BCUT2D eigenvalue weighted by Crippen LogP contribution is 2.32. The van der Waals surface area contributed by atoms with Crippen LogP contribution in [0, 0.1) is 18.8 Å². The molecule has 2 aromatic heterocycles. The highest BCUT2D eigenvalue weighted by atomic mass is 16.5. The maximum absolute atomic E-state index is 10.5. The molecule has 0 bridgehead atoms. The fraction of sp³-hybridized carbons (Fsp3) is 0.355. The maximum Gasteiger partial charge on any atom is 0.220 e. The van der Waals surface area contributed by atoms with Gasteiger partial charge in [-0.25, -0.2) is 0 Å². The Morgan fingerprint density at radius 2 is 1.89 bits per heavy atom. The van der Waals surface area contributed by atoms with E-state index in [1.807, 2.05) is 43.3 Å². The molecule has 200 valence electrons. The first kappa shape index (κ1) is 33.2. The Labute approximate surface area is 222 Å². The Balaban J connectivity index is 0.000000478. The first-order chi connectivity index (χ1) is 17.8. The van der Waals surface area contributed by atoms with Gasteiger partial charge in [0.25, 0.3) is 0 Å². The second-order valence-corrected chi connectivity index (χ2v) is 8.42. The van der Waals surface area contributed by atoms with Crippen molar-refractivity contribution in [3.05, 3.63) is 85.4 Å². The number of para-hydroxylation sites is 1. The first-order valence-electron chi connectivity index (χ1n) is 12.4. The molecule has 1 unspecified atom stereocenters. The van der Waals surface area contributed by atoms with Crippen LogP contribution in [-0.4, -0.2) is 28.7 Å². The zero-order valence-corrected chi connectivity index (χ0v) is 22.5. The molecule has 1 aliphatic rings. The number of hydrogen-bond acceptors (Lipinski definition) is 5. The van der Waals surface area contributed by atoms with Crippen LogP contribution < -0.4 is 10.5 Å². The van der Waals surface area contributed by atoms with Crippen LogP contribution in [0.5, 0.6) is 5.75 Å². The number of ether oxygens (including phenoxy) is 1. The van der Waals surface area contributed by atoms with Gasteiger partial charge in [0, 0.05) is 30.0 Å². The van der Waals surface area contributed by atoms with E-state index < -0.39 is 0 Å². The van der Waals surface area contributed by atoms with Crippen LogP contribution in [0.3, 0.4) is 0 Å². The number of rotatable bonds is 5. The molecule has 4 rings (SSSR count). The number of nitrogens with two attached hydrogens (primary N) is 1. The minimum atomic E-state index is -0.225. The third kappa shape index (κ3) is 14.4. The van der Waals surface area contributed by atoms with E-state index in [0.29, 0.717) is 12.3 Å². The van der Waals surface area contributed by atoms with Crippen LogP contribution in [-0.2, 0) is 4.79 Å². The van der Waals surface area contributed by atoms with Crippen LogP contribution in [0.1, 0.15) is 58.4 Å². The fourth-order valence-electron chi connectivity index (χ4n) is 3.16. The van der Waals surface area contributed by atoms with Gasteiger partial charge in [-0.1, -0.05) is 38.1 Å². The minimum absolute atomic E-state index is 0.0116. The molecule has 3 aromatic rings. The van der Waals surface area contributed by atoms with Crippen molar-refractivity contribution in [3.8, 4) is 29.9 Å². The summed E-state index contributed by atoms with van der Waals surface area (Å²) in [6.07, 6.45) is 17.4. The molecule has 1 aliphatic heterocycles. The molecule has 0 saturated heterocycles. The molecule has 0 fully saturated rings. The summed E-state index contributed by atoms with van der Waals surface area (Å²) in [5.74, 6) is 2.37. The molecule has 3 N–H and O–H groups in total. The van der Waals surface area contributed by atoms with Crippen molar-refractivity contribution in [2.24, 2.45) is 11.7 Å². The van der Waals surface area contributed by atoms with E-state index in [1.165, 1.54) is 5.56 Å². The van der Waals surface area contributed by atoms with Crippen molar-refractivity contribution in [1.82, 2.24) is 4.98 Å². The number of nitrogens with zero attached hydrogens (tertiary/aromatic N) is 1. The van der Waals surface area contributed by atoms with Crippen molar-refractivity contribution in [1.29, 1.82) is 0 Å². The van der Waals surface area contributed by atoms with Gasteiger partial charge in [-0.15, -0.1) is 19.4 Å². The third-order valence-corrected chi connectivity index (χ3v) is 5.07. The molecule has 3 heterocycles. The number of allylic oxidation sites excluding steroid dienone is 1. The number of pyridine rings is 1. The van der Waals surface area contributed by atoms with Crippen LogP contribution in [0.2, 0.25) is 0 Å². The van der Waals surface area contributed by atoms with Gasteiger partial charge >= 0.3 is 0 Å². The summed E-state index contributed by atoms with van der Waals surface area (Å²) in [6, 6.07) is 15.9. The van der Waals surface area contributed by atoms with Crippen LogP contribution >= 0.6 is 0 Å². The standard InChI is InChI=1S/C10H12O.C9H7NO.C7H13NO.C3H8O.C2H2/c1-8-6-7-11-10-5-3-2-4-9(8)10;1-3-8(7-10-5-1)9-4-2-6-11-9;1-3-5-6(4-2)7(8)9;1-3(2)4;1-2/h2-5,8H,6-7H2,1H3;1-7H;3,6H,1,4-5H2,2H3,(H2,8,9);3-4H,1-2H3;1-2H/t;;6-;;/m..1../s1. The first-order valence-corrected chi connectivity index (χ1v) is 12.4. The third-order valence-electron chi connectivity index (χ3n) is 5.07. The van der Waals surface area contributed by atoms with Gasteiger partial charge in [-0.05, 0) is 74.9 Å². The summed E-state index contributed by atoms with van der Waals surface area (Å²) < 4.78 is 10.7. The quantitative estimate of drug-likeness (QED) is 0.299. The van der Waals surface area contributed by atoms with Gasteiger partial charge in [0.05, 0.1) is 12.9 Å². The van der Waals surface area contributed by atoms with Crippen LogP contribution in [0.15, 0.2) is 84.3 Å². The van der Waals surface area contributed by atoms with Gasteiger partial charge < -0.3 is 20.0 Å².